The van der Waals surface area contributed by atoms with E-state index >= 15 is 0 Å². The fourth-order valence-corrected chi connectivity index (χ4v) is 2.46. The first-order chi connectivity index (χ1) is 6.90. The average Bonchev–Trinajstić information content (AvgIpc) is 2.60. The van der Waals surface area contributed by atoms with Gasteiger partial charge in [-0.3, -0.25) is 0 Å². The van der Waals surface area contributed by atoms with Crippen LogP contribution in [0.25, 0.3) is 10.2 Å². The Morgan fingerprint density at radius 1 is 1.21 bits per heavy atom. The summed E-state index contributed by atoms with van der Waals surface area (Å²) in [4.78, 5) is 4.56. The van der Waals surface area contributed by atoms with Crippen LogP contribution in [0.15, 0.2) is 24.3 Å². The summed E-state index contributed by atoms with van der Waals surface area (Å²) in [7, 11) is 0. The highest BCUT2D eigenvalue weighted by molar-refractivity contribution is 7.18. The Morgan fingerprint density at radius 3 is 2.86 bits per heavy atom. The summed E-state index contributed by atoms with van der Waals surface area (Å²) in [5.41, 5.74) is 6.58. The van der Waals surface area contributed by atoms with Gasteiger partial charge in [-0.1, -0.05) is 12.1 Å². The molecule has 2 aromatic rings. The third kappa shape index (κ3) is 2.11. The standard InChI is InChI=1S/C11H14N2S/c12-8-4-3-7-11-13-9-5-1-2-6-10(9)14-11/h1-2,5-6H,3-4,7-8,12H2. The number of rotatable bonds is 4. The normalized spacial score (nSPS) is 10.9. The van der Waals surface area contributed by atoms with Crippen LogP contribution in [-0.2, 0) is 6.42 Å². The van der Waals surface area contributed by atoms with Gasteiger partial charge in [-0.25, -0.2) is 4.98 Å². The Morgan fingerprint density at radius 2 is 2.07 bits per heavy atom. The van der Waals surface area contributed by atoms with Crippen molar-refractivity contribution in [2.45, 2.75) is 19.3 Å². The third-order valence-corrected chi connectivity index (χ3v) is 3.28. The van der Waals surface area contributed by atoms with E-state index in [4.69, 9.17) is 5.73 Å². The molecule has 0 aliphatic heterocycles. The molecule has 0 saturated carbocycles. The predicted molar refractivity (Wildman–Crippen MR) is 61.6 cm³/mol. The highest BCUT2D eigenvalue weighted by Crippen LogP contribution is 2.22. The monoisotopic (exact) mass is 206 g/mol. The molecule has 0 atom stereocenters. The molecule has 0 saturated heterocycles. The molecular weight excluding hydrogens is 192 g/mol. The molecule has 0 aliphatic carbocycles. The van der Waals surface area contributed by atoms with Crippen LogP contribution in [0.3, 0.4) is 0 Å². The molecule has 14 heavy (non-hydrogen) atoms. The Kier molecular flexibility index (Phi) is 3.11. The summed E-state index contributed by atoms with van der Waals surface area (Å²) >= 11 is 1.80. The molecule has 0 amide bonds. The van der Waals surface area contributed by atoms with Gasteiger partial charge in [-0.2, -0.15) is 0 Å². The smallest absolute Gasteiger partial charge is 0.0938 e. The van der Waals surface area contributed by atoms with Crippen molar-refractivity contribution in [2.24, 2.45) is 5.73 Å². The molecule has 1 aromatic heterocycles. The summed E-state index contributed by atoms with van der Waals surface area (Å²) < 4.78 is 1.29. The van der Waals surface area contributed by atoms with Crippen LogP contribution in [0.2, 0.25) is 0 Å². The zero-order valence-electron chi connectivity index (χ0n) is 8.07. The SMILES string of the molecule is NCCCCc1nc2ccccc2s1. The molecule has 0 unspecified atom stereocenters. The molecule has 1 heterocycles. The fourth-order valence-electron chi connectivity index (χ4n) is 1.45. The van der Waals surface area contributed by atoms with Crippen LogP contribution in [0.1, 0.15) is 17.8 Å². The van der Waals surface area contributed by atoms with E-state index in [-0.39, 0.29) is 0 Å². The minimum Gasteiger partial charge on any atom is -0.330 e. The Hall–Kier alpha value is -0.930. The van der Waals surface area contributed by atoms with E-state index in [0.29, 0.717) is 0 Å². The molecule has 1 aromatic carbocycles. The summed E-state index contributed by atoms with van der Waals surface area (Å²) in [6, 6.07) is 8.29. The van der Waals surface area contributed by atoms with E-state index in [9.17, 15) is 0 Å². The zero-order chi connectivity index (χ0) is 9.80. The minimum absolute atomic E-state index is 0.783. The predicted octanol–water partition coefficient (Wildman–Crippen LogP) is 2.58. The first kappa shape index (κ1) is 9.62. The number of thiazole rings is 1. The highest BCUT2D eigenvalue weighted by atomic mass is 32.1. The molecule has 0 spiro atoms. The molecule has 2 rings (SSSR count). The summed E-state index contributed by atoms with van der Waals surface area (Å²) in [6.07, 6.45) is 3.31. The van der Waals surface area contributed by atoms with E-state index in [2.05, 4.69) is 23.2 Å². The number of aromatic nitrogens is 1. The Balaban J connectivity index is 2.11. The van der Waals surface area contributed by atoms with Crippen molar-refractivity contribution >= 4 is 21.6 Å². The van der Waals surface area contributed by atoms with Crippen molar-refractivity contribution in [2.75, 3.05) is 6.54 Å². The number of nitrogens with two attached hydrogens (primary N) is 1. The van der Waals surface area contributed by atoms with Gasteiger partial charge in [0.25, 0.3) is 0 Å². The number of aryl methyl sites for hydroxylation is 1. The van der Waals surface area contributed by atoms with Gasteiger partial charge >= 0.3 is 0 Å². The van der Waals surface area contributed by atoms with Gasteiger partial charge < -0.3 is 5.73 Å². The van der Waals surface area contributed by atoms with E-state index in [0.717, 1.165) is 31.3 Å². The number of nitrogens with zero attached hydrogens (tertiary/aromatic N) is 1. The van der Waals surface area contributed by atoms with Crippen molar-refractivity contribution in [3.05, 3.63) is 29.3 Å². The van der Waals surface area contributed by atoms with Crippen molar-refractivity contribution in [1.82, 2.24) is 4.98 Å². The quantitative estimate of drug-likeness (QED) is 0.781. The molecular formula is C11H14N2S. The maximum atomic E-state index is 5.45. The van der Waals surface area contributed by atoms with Gasteiger partial charge in [0.2, 0.25) is 0 Å². The molecule has 0 bridgehead atoms. The number of hydrogen-bond donors (Lipinski definition) is 1. The third-order valence-electron chi connectivity index (χ3n) is 2.18. The fraction of sp³-hybridized carbons (Fsp3) is 0.364. The molecule has 3 heteroatoms. The van der Waals surface area contributed by atoms with Crippen LogP contribution in [-0.4, -0.2) is 11.5 Å². The maximum Gasteiger partial charge on any atom is 0.0938 e. The summed E-state index contributed by atoms with van der Waals surface area (Å²) in [6.45, 7) is 0.783. The van der Waals surface area contributed by atoms with E-state index in [1.54, 1.807) is 11.3 Å². The molecule has 2 nitrogen and oxygen atoms in total. The largest absolute Gasteiger partial charge is 0.330 e. The van der Waals surface area contributed by atoms with E-state index in [1.165, 1.54) is 9.71 Å². The lowest BCUT2D eigenvalue weighted by atomic mass is 10.2. The average molecular weight is 206 g/mol. The van der Waals surface area contributed by atoms with E-state index < -0.39 is 0 Å². The zero-order valence-corrected chi connectivity index (χ0v) is 8.89. The van der Waals surface area contributed by atoms with E-state index in [1.807, 2.05) is 6.07 Å². The summed E-state index contributed by atoms with van der Waals surface area (Å²) in [5.74, 6) is 0. The Labute approximate surface area is 87.8 Å². The number of benzene rings is 1. The molecule has 0 fully saturated rings. The first-order valence-corrected chi connectivity index (χ1v) is 5.76. The minimum atomic E-state index is 0.783. The Bertz CT molecular complexity index is 375. The van der Waals surface area contributed by atoms with Gasteiger partial charge in [0.1, 0.15) is 0 Å². The second-order valence-corrected chi connectivity index (χ2v) is 4.44. The van der Waals surface area contributed by atoms with Crippen LogP contribution < -0.4 is 5.73 Å². The van der Waals surface area contributed by atoms with Crippen LogP contribution in [0, 0.1) is 0 Å². The van der Waals surface area contributed by atoms with Crippen LogP contribution in [0.4, 0.5) is 0 Å². The van der Waals surface area contributed by atoms with Gasteiger partial charge in [0, 0.05) is 0 Å². The second-order valence-electron chi connectivity index (χ2n) is 3.32. The topological polar surface area (TPSA) is 38.9 Å². The number of hydrogen-bond acceptors (Lipinski definition) is 3. The van der Waals surface area contributed by atoms with Crippen LogP contribution in [0.5, 0.6) is 0 Å². The van der Waals surface area contributed by atoms with Crippen molar-refractivity contribution in [3.63, 3.8) is 0 Å². The van der Waals surface area contributed by atoms with Gasteiger partial charge in [0.15, 0.2) is 0 Å². The number of para-hydroxylation sites is 1. The maximum absolute atomic E-state index is 5.45. The van der Waals surface area contributed by atoms with Crippen LogP contribution >= 0.6 is 11.3 Å². The van der Waals surface area contributed by atoms with Gasteiger partial charge in [-0.15, -0.1) is 11.3 Å². The number of unbranched alkanes of at least 4 members (excludes halogenated alkanes) is 1. The van der Waals surface area contributed by atoms with Crippen molar-refractivity contribution in [1.29, 1.82) is 0 Å². The molecule has 0 radical (unpaired) electrons. The van der Waals surface area contributed by atoms with Crippen molar-refractivity contribution < 1.29 is 0 Å². The van der Waals surface area contributed by atoms with Gasteiger partial charge in [0.05, 0.1) is 15.2 Å². The molecule has 0 aliphatic rings. The first-order valence-electron chi connectivity index (χ1n) is 4.94. The molecule has 74 valence electrons. The lowest BCUT2D eigenvalue weighted by molar-refractivity contribution is 0.742. The second kappa shape index (κ2) is 4.53. The van der Waals surface area contributed by atoms with Gasteiger partial charge in [-0.05, 0) is 37.9 Å². The molecule has 2 N–H and O–H groups in total. The van der Waals surface area contributed by atoms with Crippen molar-refractivity contribution in [3.8, 4) is 0 Å². The highest BCUT2D eigenvalue weighted by Gasteiger charge is 2.01. The lowest BCUT2D eigenvalue weighted by Gasteiger charge is -1.92. The number of fused-ring (bicyclic) bond motifs is 1. The lowest BCUT2D eigenvalue weighted by Crippen LogP contribution is -1.98. The summed E-state index contributed by atoms with van der Waals surface area (Å²) in [5, 5.41) is 1.24.